The van der Waals surface area contributed by atoms with Gasteiger partial charge in [-0.3, -0.25) is 19.7 Å². The van der Waals surface area contributed by atoms with Crippen LogP contribution in [-0.4, -0.2) is 44.9 Å². The molecule has 6 nitrogen and oxygen atoms in total. The third kappa shape index (κ3) is 5.23. The highest BCUT2D eigenvalue weighted by atomic mass is 35.5. The van der Waals surface area contributed by atoms with Crippen molar-refractivity contribution in [3.8, 4) is 0 Å². The first-order valence-corrected chi connectivity index (χ1v) is 8.79. The molecule has 2 aromatic heterocycles. The van der Waals surface area contributed by atoms with Crippen molar-refractivity contribution in [1.82, 2.24) is 20.1 Å². The van der Waals surface area contributed by atoms with Crippen molar-refractivity contribution in [2.45, 2.75) is 26.9 Å². The van der Waals surface area contributed by atoms with Gasteiger partial charge in [-0.15, -0.1) is 0 Å². The fourth-order valence-corrected chi connectivity index (χ4v) is 3.11. The summed E-state index contributed by atoms with van der Waals surface area (Å²) in [5.74, 6) is -1.60. The Bertz CT molecular complexity index is 871. The van der Waals surface area contributed by atoms with E-state index in [1.165, 1.54) is 12.4 Å². The molecule has 2 aromatic rings. The molecule has 0 bridgehead atoms. The molecule has 0 saturated heterocycles. The predicted octanol–water partition coefficient (Wildman–Crippen LogP) is 4.50. The van der Waals surface area contributed by atoms with E-state index in [4.69, 9.17) is 23.2 Å². The lowest BCUT2D eigenvalue weighted by Gasteiger charge is -2.29. The van der Waals surface area contributed by atoms with Gasteiger partial charge in [-0.05, 0) is 5.41 Å². The van der Waals surface area contributed by atoms with Gasteiger partial charge in [-0.25, -0.2) is 0 Å². The molecule has 0 radical (unpaired) electrons. The van der Waals surface area contributed by atoms with E-state index in [0.29, 0.717) is 0 Å². The fraction of sp³-hybridized carbons (Fsp3) is 0.412. The van der Waals surface area contributed by atoms with Gasteiger partial charge >= 0.3 is 6.18 Å². The first kappa shape index (κ1) is 22.2. The van der Waals surface area contributed by atoms with Crippen LogP contribution in [0.2, 0.25) is 10.0 Å². The molecule has 28 heavy (non-hydrogen) atoms. The molecule has 0 saturated carbocycles. The Morgan fingerprint density at radius 2 is 1.68 bits per heavy atom. The van der Waals surface area contributed by atoms with E-state index in [1.807, 2.05) is 0 Å². The van der Waals surface area contributed by atoms with Gasteiger partial charge < -0.3 is 4.90 Å². The van der Waals surface area contributed by atoms with E-state index in [-0.39, 0.29) is 22.2 Å². The average molecular weight is 437 g/mol. The molecule has 1 amide bonds. The lowest BCUT2D eigenvalue weighted by molar-refractivity contribution is -0.141. The van der Waals surface area contributed by atoms with E-state index in [0.717, 1.165) is 11.1 Å². The zero-order valence-electron chi connectivity index (χ0n) is 15.2. The normalized spacial score (nSPS) is 12.1. The first-order chi connectivity index (χ1) is 12.8. The molecular weight excluding hydrogens is 420 g/mol. The van der Waals surface area contributed by atoms with E-state index in [1.54, 1.807) is 25.9 Å². The number of alkyl halides is 3. The topological polar surface area (TPSA) is 79.0 Å². The highest BCUT2D eigenvalue weighted by molar-refractivity contribution is 6.39. The highest BCUT2D eigenvalue weighted by Gasteiger charge is 2.39. The van der Waals surface area contributed by atoms with Crippen molar-refractivity contribution in [2.75, 3.05) is 13.1 Å². The van der Waals surface area contributed by atoms with E-state index >= 15 is 0 Å². The monoisotopic (exact) mass is 436 g/mol. The van der Waals surface area contributed by atoms with Gasteiger partial charge in [-0.1, -0.05) is 44.0 Å². The van der Waals surface area contributed by atoms with Crippen LogP contribution in [0, 0.1) is 5.41 Å². The smallest absolute Gasteiger partial charge is 0.330 e. The van der Waals surface area contributed by atoms with Crippen LogP contribution in [0.1, 0.15) is 47.2 Å². The molecule has 11 heteroatoms. The Labute approximate surface area is 169 Å². The number of rotatable bonds is 5. The van der Waals surface area contributed by atoms with Gasteiger partial charge in [0.1, 0.15) is 0 Å². The molecule has 0 aliphatic heterocycles. The number of carbonyl (C=O) groups excluding carboxylic acids is 2. The summed E-state index contributed by atoms with van der Waals surface area (Å²) in [5, 5.41) is 5.09. The molecule has 2 heterocycles. The summed E-state index contributed by atoms with van der Waals surface area (Å²) < 4.78 is 39.4. The second-order valence-corrected chi connectivity index (χ2v) is 8.09. The lowest BCUT2D eigenvalue weighted by Crippen LogP contribution is -2.41. The second-order valence-electron chi connectivity index (χ2n) is 7.28. The number of hydrogen-bond donors (Lipinski definition) is 1. The minimum atomic E-state index is -4.80. The number of ketones is 1. The Balaban J connectivity index is 2.39. The average Bonchev–Trinajstić information content (AvgIpc) is 3.01. The van der Waals surface area contributed by atoms with Crippen molar-refractivity contribution < 1.29 is 22.8 Å². The van der Waals surface area contributed by atoms with Crippen molar-refractivity contribution >= 4 is 34.9 Å². The van der Waals surface area contributed by atoms with Crippen LogP contribution in [0.15, 0.2) is 18.6 Å². The van der Waals surface area contributed by atoms with Crippen LogP contribution in [0.25, 0.3) is 0 Å². The maximum atomic E-state index is 13.1. The van der Waals surface area contributed by atoms with Gasteiger partial charge in [0.15, 0.2) is 11.5 Å². The van der Waals surface area contributed by atoms with Gasteiger partial charge in [0, 0.05) is 18.9 Å². The number of aromatic amines is 1. The molecule has 0 fully saturated rings. The molecular formula is C17H17Cl2F3N4O2. The Kier molecular flexibility index (Phi) is 6.40. The molecule has 0 aromatic carbocycles. The number of nitrogens with one attached hydrogen (secondary N) is 1. The quantitative estimate of drug-likeness (QED) is 0.699. The summed E-state index contributed by atoms with van der Waals surface area (Å²) in [6.45, 7) is 4.85. The minimum absolute atomic E-state index is 0.0139. The number of hydrogen-bond acceptors (Lipinski definition) is 4. The van der Waals surface area contributed by atoms with Gasteiger partial charge in [0.05, 0.1) is 33.9 Å². The Hall–Kier alpha value is -2.13. The van der Waals surface area contributed by atoms with Gasteiger partial charge in [-0.2, -0.15) is 18.3 Å². The number of pyridine rings is 1. The van der Waals surface area contributed by atoms with Gasteiger partial charge in [0.25, 0.3) is 5.91 Å². The number of halogens is 5. The summed E-state index contributed by atoms with van der Waals surface area (Å²) in [6, 6.07) is 0. The van der Waals surface area contributed by atoms with E-state index in [9.17, 15) is 22.8 Å². The third-order valence-corrected chi connectivity index (χ3v) is 4.15. The van der Waals surface area contributed by atoms with Crippen LogP contribution in [-0.2, 0) is 6.18 Å². The summed E-state index contributed by atoms with van der Waals surface area (Å²) in [7, 11) is 0. The Morgan fingerprint density at radius 1 is 1.11 bits per heavy atom. The van der Waals surface area contributed by atoms with Crippen LogP contribution >= 0.6 is 23.2 Å². The fourth-order valence-electron chi connectivity index (χ4n) is 2.54. The first-order valence-electron chi connectivity index (χ1n) is 8.03. The number of Topliss-reactive ketones (excluding diaryl/α,β-unsaturated/α-hetero) is 1. The third-order valence-electron chi connectivity index (χ3n) is 3.57. The zero-order chi connectivity index (χ0) is 21.3. The number of amides is 1. The summed E-state index contributed by atoms with van der Waals surface area (Å²) in [4.78, 5) is 30.3. The Morgan fingerprint density at radius 3 is 2.18 bits per heavy atom. The van der Waals surface area contributed by atoms with E-state index < -0.39 is 41.1 Å². The zero-order valence-corrected chi connectivity index (χ0v) is 16.7. The number of carbonyl (C=O) groups is 2. The lowest BCUT2D eigenvalue weighted by atomic mass is 9.95. The van der Waals surface area contributed by atoms with Crippen LogP contribution in [0.3, 0.4) is 0 Å². The molecule has 0 spiro atoms. The summed E-state index contributed by atoms with van der Waals surface area (Å²) in [5.41, 5.74) is -2.49. The summed E-state index contributed by atoms with van der Waals surface area (Å²) >= 11 is 11.9. The van der Waals surface area contributed by atoms with Crippen LogP contribution < -0.4 is 0 Å². The van der Waals surface area contributed by atoms with Gasteiger partial charge in [0.2, 0.25) is 0 Å². The number of nitrogens with zero attached hydrogens (tertiary/aromatic N) is 3. The van der Waals surface area contributed by atoms with Crippen molar-refractivity contribution in [3.63, 3.8) is 0 Å². The maximum absolute atomic E-state index is 13.1. The molecule has 0 unspecified atom stereocenters. The highest BCUT2D eigenvalue weighted by Crippen LogP contribution is 2.31. The number of H-pyrrole nitrogens is 1. The molecule has 0 atom stereocenters. The molecule has 1 N–H and O–H groups in total. The van der Waals surface area contributed by atoms with Crippen molar-refractivity contribution in [2.24, 2.45) is 5.41 Å². The van der Waals surface area contributed by atoms with E-state index in [2.05, 4.69) is 10.1 Å². The maximum Gasteiger partial charge on any atom is 0.433 e. The van der Waals surface area contributed by atoms with Crippen LogP contribution in [0.4, 0.5) is 13.2 Å². The second kappa shape index (κ2) is 8.08. The number of aromatic nitrogens is 3. The molecule has 0 aliphatic rings. The van der Waals surface area contributed by atoms with Crippen molar-refractivity contribution in [3.05, 3.63) is 45.5 Å². The molecule has 152 valence electrons. The predicted molar refractivity (Wildman–Crippen MR) is 97.5 cm³/mol. The largest absolute Gasteiger partial charge is 0.433 e. The van der Waals surface area contributed by atoms with Crippen molar-refractivity contribution in [1.29, 1.82) is 0 Å². The molecule has 0 aliphatic carbocycles. The summed E-state index contributed by atoms with van der Waals surface area (Å²) in [6.07, 6.45) is -1.57. The standard InChI is InChI=1S/C17H17Cl2F3N4O2/c1-16(2,3)8-26(7-12(27)13-10(18)5-23-6-11(13)19)15(28)9-4-24-25-14(9)17(20,21)22/h4-6H,7-8H2,1-3H3,(H,24,25). The molecule has 2 rings (SSSR count). The minimum Gasteiger partial charge on any atom is -0.330 e. The van der Waals surface area contributed by atoms with Crippen LogP contribution in [0.5, 0.6) is 0 Å². The SMILES string of the molecule is CC(C)(C)CN(CC(=O)c1c(Cl)cncc1Cl)C(=O)c1cn[nH]c1C(F)(F)F.